The van der Waals surface area contributed by atoms with Gasteiger partial charge in [0.15, 0.2) is 11.5 Å². The number of hydrogen-bond acceptors (Lipinski definition) is 5. The first-order valence-corrected chi connectivity index (χ1v) is 5.57. The summed E-state index contributed by atoms with van der Waals surface area (Å²) in [6, 6.07) is 4.09. The minimum atomic E-state index is -0.977. The smallest absolute Gasteiger partial charge is 0.273 e. The molecule has 0 aliphatic carbocycles. The lowest BCUT2D eigenvalue weighted by molar-refractivity contribution is -0.385. The molecule has 0 aliphatic rings. The summed E-state index contributed by atoms with van der Waals surface area (Å²) in [7, 11) is 1.45. The summed E-state index contributed by atoms with van der Waals surface area (Å²) in [4.78, 5) is 10.2. The maximum absolute atomic E-state index is 10.7. The van der Waals surface area contributed by atoms with Gasteiger partial charge in [0.2, 0.25) is 0 Å². The van der Waals surface area contributed by atoms with Crippen molar-refractivity contribution in [3.05, 3.63) is 28.3 Å². The van der Waals surface area contributed by atoms with Crippen LogP contribution in [0.25, 0.3) is 0 Å². The molecule has 0 saturated carbocycles. The molecule has 0 fully saturated rings. The van der Waals surface area contributed by atoms with Gasteiger partial charge in [-0.1, -0.05) is 6.92 Å². The van der Waals surface area contributed by atoms with Gasteiger partial charge in [-0.05, 0) is 19.4 Å². The standard InChI is InChI=1S/C12H17NO5/c1-4-12(2,14)8-18-11-7-9(13(15)16)5-6-10(11)17-3/h5-7,14H,4,8H2,1-3H3. The summed E-state index contributed by atoms with van der Waals surface area (Å²) in [5, 5.41) is 20.5. The van der Waals surface area contributed by atoms with Crippen LogP contribution in [-0.4, -0.2) is 29.3 Å². The molecule has 6 heteroatoms. The highest BCUT2D eigenvalue weighted by atomic mass is 16.6. The lowest BCUT2D eigenvalue weighted by Crippen LogP contribution is -2.31. The van der Waals surface area contributed by atoms with Crippen LogP contribution in [0.5, 0.6) is 11.5 Å². The average Bonchev–Trinajstić information content (AvgIpc) is 2.36. The highest BCUT2D eigenvalue weighted by molar-refractivity contribution is 5.48. The Labute approximate surface area is 105 Å². The predicted molar refractivity (Wildman–Crippen MR) is 66.1 cm³/mol. The first-order valence-electron chi connectivity index (χ1n) is 5.57. The molecular weight excluding hydrogens is 238 g/mol. The summed E-state index contributed by atoms with van der Waals surface area (Å²) < 4.78 is 10.4. The highest BCUT2D eigenvalue weighted by Gasteiger charge is 2.20. The third-order valence-corrected chi connectivity index (χ3v) is 2.66. The molecule has 0 heterocycles. The van der Waals surface area contributed by atoms with Crippen molar-refractivity contribution in [2.75, 3.05) is 13.7 Å². The SMILES string of the molecule is CCC(C)(O)COc1cc([N+](=O)[O-])ccc1OC. The largest absolute Gasteiger partial charge is 0.493 e. The van der Waals surface area contributed by atoms with E-state index < -0.39 is 10.5 Å². The summed E-state index contributed by atoms with van der Waals surface area (Å²) in [6.07, 6.45) is 0.518. The minimum Gasteiger partial charge on any atom is -0.493 e. The molecule has 100 valence electrons. The fourth-order valence-electron chi connectivity index (χ4n) is 1.23. The summed E-state index contributed by atoms with van der Waals surface area (Å²) in [6.45, 7) is 3.51. The van der Waals surface area contributed by atoms with Crippen molar-refractivity contribution in [3.63, 3.8) is 0 Å². The molecule has 0 radical (unpaired) electrons. The van der Waals surface area contributed by atoms with Gasteiger partial charge in [0.25, 0.3) is 5.69 Å². The van der Waals surface area contributed by atoms with Gasteiger partial charge in [-0.3, -0.25) is 10.1 Å². The molecule has 6 nitrogen and oxygen atoms in total. The predicted octanol–water partition coefficient (Wildman–Crippen LogP) is 2.14. The van der Waals surface area contributed by atoms with Gasteiger partial charge in [-0.15, -0.1) is 0 Å². The molecule has 1 N–H and O–H groups in total. The maximum Gasteiger partial charge on any atom is 0.273 e. The maximum atomic E-state index is 10.7. The Morgan fingerprint density at radius 2 is 2.11 bits per heavy atom. The molecule has 1 aromatic carbocycles. The van der Waals surface area contributed by atoms with Crippen LogP contribution in [0.4, 0.5) is 5.69 Å². The van der Waals surface area contributed by atoms with E-state index in [-0.39, 0.29) is 18.0 Å². The second-order valence-electron chi connectivity index (χ2n) is 4.23. The lowest BCUT2D eigenvalue weighted by atomic mass is 10.1. The normalized spacial score (nSPS) is 13.8. The van der Waals surface area contributed by atoms with Crippen LogP contribution >= 0.6 is 0 Å². The highest BCUT2D eigenvalue weighted by Crippen LogP contribution is 2.31. The first kappa shape index (κ1) is 14.2. The zero-order valence-corrected chi connectivity index (χ0v) is 10.7. The number of nitro benzene ring substituents is 1. The van der Waals surface area contributed by atoms with Crippen molar-refractivity contribution in [1.29, 1.82) is 0 Å². The summed E-state index contributed by atoms with van der Waals surface area (Å²) in [5.41, 5.74) is -1.06. The topological polar surface area (TPSA) is 81.8 Å². The van der Waals surface area contributed by atoms with Crippen LogP contribution in [-0.2, 0) is 0 Å². The Kier molecular flexibility index (Phi) is 4.49. The van der Waals surface area contributed by atoms with E-state index in [1.54, 1.807) is 6.92 Å². The van der Waals surface area contributed by atoms with Crippen molar-refractivity contribution in [1.82, 2.24) is 0 Å². The van der Waals surface area contributed by atoms with Crippen LogP contribution in [0.3, 0.4) is 0 Å². The van der Waals surface area contributed by atoms with Crippen molar-refractivity contribution < 1.29 is 19.5 Å². The van der Waals surface area contributed by atoms with Crippen LogP contribution in [0, 0.1) is 10.1 Å². The van der Waals surface area contributed by atoms with Gasteiger partial charge >= 0.3 is 0 Å². The molecule has 0 amide bonds. The second kappa shape index (κ2) is 5.68. The van der Waals surface area contributed by atoms with Crippen LogP contribution in [0.2, 0.25) is 0 Å². The Hall–Kier alpha value is -1.82. The Balaban J connectivity index is 2.91. The number of aliphatic hydroxyl groups is 1. The number of benzene rings is 1. The van der Waals surface area contributed by atoms with E-state index in [1.807, 2.05) is 6.92 Å². The fraction of sp³-hybridized carbons (Fsp3) is 0.500. The molecule has 1 unspecified atom stereocenters. The van der Waals surface area contributed by atoms with E-state index in [0.29, 0.717) is 12.2 Å². The van der Waals surface area contributed by atoms with Crippen molar-refractivity contribution in [2.45, 2.75) is 25.9 Å². The third-order valence-electron chi connectivity index (χ3n) is 2.66. The van der Waals surface area contributed by atoms with E-state index in [2.05, 4.69) is 0 Å². The number of rotatable bonds is 6. The zero-order valence-electron chi connectivity index (χ0n) is 10.7. The third kappa shape index (κ3) is 3.59. The van der Waals surface area contributed by atoms with Gasteiger partial charge in [0.1, 0.15) is 6.61 Å². The zero-order chi connectivity index (χ0) is 13.8. The van der Waals surface area contributed by atoms with Crippen LogP contribution in [0.1, 0.15) is 20.3 Å². The molecule has 0 aliphatic heterocycles. The van der Waals surface area contributed by atoms with Gasteiger partial charge < -0.3 is 14.6 Å². The molecule has 0 bridgehead atoms. The Morgan fingerprint density at radius 1 is 1.44 bits per heavy atom. The van der Waals surface area contributed by atoms with Gasteiger partial charge in [0, 0.05) is 6.07 Å². The summed E-state index contributed by atoms with van der Waals surface area (Å²) in [5.74, 6) is 0.646. The number of methoxy groups -OCH3 is 1. The van der Waals surface area contributed by atoms with Crippen LogP contribution < -0.4 is 9.47 Å². The van der Waals surface area contributed by atoms with Crippen molar-refractivity contribution in [3.8, 4) is 11.5 Å². The molecule has 1 rings (SSSR count). The molecule has 18 heavy (non-hydrogen) atoms. The first-order chi connectivity index (χ1) is 8.39. The van der Waals surface area contributed by atoms with Gasteiger partial charge in [-0.2, -0.15) is 0 Å². The molecule has 0 aromatic heterocycles. The van der Waals surface area contributed by atoms with E-state index in [1.165, 1.54) is 25.3 Å². The minimum absolute atomic E-state index is 0.0427. The second-order valence-corrected chi connectivity index (χ2v) is 4.23. The molecular formula is C12H17NO5. The number of nitrogens with zero attached hydrogens (tertiary/aromatic N) is 1. The summed E-state index contributed by atoms with van der Waals surface area (Å²) >= 11 is 0. The molecule has 1 aromatic rings. The monoisotopic (exact) mass is 255 g/mol. The van der Waals surface area contributed by atoms with Crippen LogP contribution in [0.15, 0.2) is 18.2 Å². The van der Waals surface area contributed by atoms with Gasteiger partial charge in [0.05, 0.1) is 23.7 Å². The molecule has 0 spiro atoms. The van der Waals surface area contributed by atoms with E-state index in [9.17, 15) is 15.2 Å². The van der Waals surface area contributed by atoms with Gasteiger partial charge in [-0.25, -0.2) is 0 Å². The number of non-ortho nitro benzene ring substituents is 1. The average molecular weight is 255 g/mol. The Morgan fingerprint density at radius 3 is 2.61 bits per heavy atom. The van der Waals surface area contributed by atoms with E-state index in [0.717, 1.165) is 0 Å². The molecule has 0 saturated heterocycles. The number of hydrogen-bond donors (Lipinski definition) is 1. The quantitative estimate of drug-likeness (QED) is 0.622. The van der Waals surface area contributed by atoms with E-state index >= 15 is 0 Å². The van der Waals surface area contributed by atoms with E-state index in [4.69, 9.17) is 9.47 Å². The lowest BCUT2D eigenvalue weighted by Gasteiger charge is -2.22. The number of ether oxygens (including phenoxy) is 2. The fourth-order valence-corrected chi connectivity index (χ4v) is 1.23. The molecule has 1 atom stereocenters. The number of nitro groups is 1. The Bertz CT molecular complexity index is 430. The van der Waals surface area contributed by atoms with Crippen molar-refractivity contribution >= 4 is 5.69 Å². The van der Waals surface area contributed by atoms with Crippen molar-refractivity contribution in [2.24, 2.45) is 0 Å².